The smallest absolute Gasteiger partial charge is 0.326 e. The maximum Gasteiger partial charge on any atom is 0.326 e. The van der Waals surface area contributed by atoms with Crippen LogP contribution in [0.1, 0.15) is 29.3 Å². The van der Waals surface area contributed by atoms with Crippen LogP contribution in [-0.4, -0.2) is 29.3 Å². The molecule has 2 N–H and O–H groups in total. The Labute approximate surface area is 111 Å². The molecule has 0 aliphatic heterocycles. The number of carbonyl (C=O) groups is 2. The summed E-state index contributed by atoms with van der Waals surface area (Å²) in [5.41, 5.74) is 1.56. The van der Waals surface area contributed by atoms with E-state index in [1.807, 2.05) is 18.4 Å². The monoisotopic (exact) mass is 267 g/mol. The molecule has 0 radical (unpaired) electrons. The molecule has 0 saturated carbocycles. The molecule has 0 fully saturated rings. The van der Waals surface area contributed by atoms with Crippen LogP contribution in [0, 0.1) is 0 Å². The van der Waals surface area contributed by atoms with Crippen molar-refractivity contribution < 1.29 is 14.7 Å². The standard InChI is InChI=1S/C13H17NO3S/c1-3-11(13(16)17)14-12(15)10-6-4-5-9(7-10)8-18-2/h4-7,11H,3,8H2,1-2H3,(H,14,15)(H,16,17)/t11-/m0/s1. The predicted molar refractivity (Wildman–Crippen MR) is 72.8 cm³/mol. The van der Waals surface area contributed by atoms with Gasteiger partial charge in [0.25, 0.3) is 5.91 Å². The van der Waals surface area contributed by atoms with E-state index in [1.165, 1.54) is 0 Å². The summed E-state index contributed by atoms with van der Waals surface area (Å²) in [6, 6.07) is 6.40. The molecule has 0 spiro atoms. The van der Waals surface area contributed by atoms with Gasteiger partial charge < -0.3 is 10.4 Å². The highest BCUT2D eigenvalue weighted by Crippen LogP contribution is 2.11. The number of rotatable bonds is 6. The Bertz CT molecular complexity index is 434. The second kappa shape index (κ2) is 7.06. The first-order valence-corrected chi connectivity index (χ1v) is 7.09. The van der Waals surface area contributed by atoms with Crippen molar-refractivity contribution in [3.8, 4) is 0 Å². The predicted octanol–water partition coefficient (Wildman–Crippen LogP) is 2.14. The molecule has 0 saturated heterocycles. The normalized spacial score (nSPS) is 11.9. The lowest BCUT2D eigenvalue weighted by Crippen LogP contribution is -2.40. The summed E-state index contributed by atoms with van der Waals surface area (Å²) in [7, 11) is 0. The highest BCUT2D eigenvalue weighted by atomic mass is 32.2. The fourth-order valence-corrected chi connectivity index (χ4v) is 2.06. The molecule has 4 nitrogen and oxygen atoms in total. The molecule has 1 amide bonds. The number of hydrogen-bond acceptors (Lipinski definition) is 3. The third-order valence-electron chi connectivity index (χ3n) is 2.51. The SMILES string of the molecule is CC[C@H](NC(=O)c1cccc(CSC)c1)C(=O)O. The molecule has 98 valence electrons. The van der Waals surface area contributed by atoms with Crippen LogP contribution in [0.25, 0.3) is 0 Å². The van der Waals surface area contributed by atoms with E-state index in [0.717, 1.165) is 11.3 Å². The minimum Gasteiger partial charge on any atom is -0.480 e. The molecule has 0 aliphatic carbocycles. The second-order valence-corrected chi connectivity index (χ2v) is 4.77. The number of hydrogen-bond donors (Lipinski definition) is 2. The van der Waals surface area contributed by atoms with Gasteiger partial charge in [-0.3, -0.25) is 4.79 Å². The molecular formula is C13H17NO3S. The summed E-state index contributed by atoms with van der Waals surface area (Å²) < 4.78 is 0. The van der Waals surface area contributed by atoms with Gasteiger partial charge in [0.05, 0.1) is 0 Å². The van der Waals surface area contributed by atoms with E-state index in [1.54, 1.807) is 30.8 Å². The first-order valence-electron chi connectivity index (χ1n) is 5.70. The number of carbonyl (C=O) groups excluding carboxylic acids is 1. The van der Waals surface area contributed by atoms with Crippen molar-refractivity contribution in [2.45, 2.75) is 25.1 Å². The average Bonchev–Trinajstić information content (AvgIpc) is 2.36. The van der Waals surface area contributed by atoms with Crippen LogP contribution < -0.4 is 5.32 Å². The fraction of sp³-hybridized carbons (Fsp3) is 0.385. The summed E-state index contributed by atoms with van der Waals surface area (Å²) >= 11 is 1.67. The van der Waals surface area contributed by atoms with Crippen LogP contribution in [0.5, 0.6) is 0 Å². The minimum absolute atomic E-state index is 0.341. The van der Waals surface area contributed by atoms with E-state index in [4.69, 9.17) is 5.11 Å². The zero-order chi connectivity index (χ0) is 13.5. The van der Waals surface area contributed by atoms with Crippen LogP contribution in [0.3, 0.4) is 0 Å². The number of carboxylic acids is 1. The van der Waals surface area contributed by atoms with Gasteiger partial charge in [0, 0.05) is 11.3 Å². The van der Waals surface area contributed by atoms with Crippen LogP contribution >= 0.6 is 11.8 Å². The van der Waals surface area contributed by atoms with E-state index < -0.39 is 12.0 Å². The Kier molecular flexibility index (Phi) is 5.71. The van der Waals surface area contributed by atoms with Crippen molar-refractivity contribution in [2.75, 3.05) is 6.26 Å². The summed E-state index contributed by atoms with van der Waals surface area (Å²) in [6.45, 7) is 1.73. The van der Waals surface area contributed by atoms with Crippen molar-refractivity contribution in [1.29, 1.82) is 0 Å². The Hall–Kier alpha value is -1.49. The largest absolute Gasteiger partial charge is 0.480 e. The third kappa shape index (κ3) is 4.07. The summed E-state index contributed by atoms with van der Waals surface area (Å²) in [5, 5.41) is 11.4. The van der Waals surface area contributed by atoms with Gasteiger partial charge in [-0.15, -0.1) is 0 Å². The molecule has 0 aliphatic rings. The van der Waals surface area contributed by atoms with Crippen molar-refractivity contribution in [1.82, 2.24) is 5.32 Å². The van der Waals surface area contributed by atoms with Gasteiger partial charge in [-0.2, -0.15) is 11.8 Å². The van der Waals surface area contributed by atoms with E-state index in [0.29, 0.717) is 12.0 Å². The summed E-state index contributed by atoms with van der Waals surface area (Å²) in [5.74, 6) is -0.518. The van der Waals surface area contributed by atoms with Gasteiger partial charge in [0.15, 0.2) is 0 Å². The molecule has 0 bridgehead atoms. The molecule has 18 heavy (non-hydrogen) atoms. The van der Waals surface area contributed by atoms with Crippen molar-refractivity contribution in [2.24, 2.45) is 0 Å². The molecule has 1 rings (SSSR count). The van der Waals surface area contributed by atoms with Crippen LogP contribution in [-0.2, 0) is 10.5 Å². The van der Waals surface area contributed by atoms with Crippen LogP contribution in [0.4, 0.5) is 0 Å². The third-order valence-corrected chi connectivity index (χ3v) is 3.13. The van der Waals surface area contributed by atoms with Gasteiger partial charge in [0.1, 0.15) is 6.04 Å². The zero-order valence-electron chi connectivity index (χ0n) is 10.5. The van der Waals surface area contributed by atoms with Crippen molar-refractivity contribution in [3.05, 3.63) is 35.4 Å². The summed E-state index contributed by atoms with van der Waals surface area (Å²) in [4.78, 5) is 22.7. The topological polar surface area (TPSA) is 66.4 Å². The van der Waals surface area contributed by atoms with E-state index in [-0.39, 0.29) is 5.91 Å². The van der Waals surface area contributed by atoms with Gasteiger partial charge in [-0.1, -0.05) is 19.1 Å². The van der Waals surface area contributed by atoms with Gasteiger partial charge >= 0.3 is 5.97 Å². The Balaban J connectivity index is 2.77. The van der Waals surface area contributed by atoms with Crippen LogP contribution in [0.15, 0.2) is 24.3 Å². The first-order chi connectivity index (χ1) is 8.58. The maximum absolute atomic E-state index is 11.9. The van der Waals surface area contributed by atoms with Gasteiger partial charge in [-0.25, -0.2) is 4.79 Å². The van der Waals surface area contributed by atoms with Crippen molar-refractivity contribution >= 4 is 23.6 Å². The maximum atomic E-state index is 11.9. The highest BCUT2D eigenvalue weighted by Gasteiger charge is 2.18. The average molecular weight is 267 g/mol. The number of amides is 1. The number of carboxylic acid groups (broad SMARTS) is 1. The number of thioether (sulfide) groups is 1. The summed E-state index contributed by atoms with van der Waals surface area (Å²) in [6.07, 6.45) is 2.36. The molecule has 0 unspecified atom stereocenters. The highest BCUT2D eigenvalue weighted by molar-refractivity contribution is 7.97. The lowest BCUT2D eigenvalue weighted by atomic mass is 10.1. The number of aliphatic carboxylic acids is 1. The quantitative estimate of drug-likeness (QED) is 0.828. The Morgan fingerprint density at radius 1 is 1.44 bits per heavy atom. The van der Waals surface area contributed by atoms with E-state index in [2.05, 4.69) is 5.32 Å². The van der Waals surface area contributed by atoms with Crippen molar-refractivity contribution in [3.63, 3.8) is 0 Å². The molecule has 0 heterocycles. The number of benzene rings is 1. The lowest BCUT2D eigenvalue weighted by molar-refractivity contribution is -0.139. The second-order valence-electron chi connectivity index (χ2n) is 3.91. The molecule has 1 aromatic carbocycles. The van der Waals surface area contributed by atoms with Gasteiger partial charge in [0.2, 0.25) is 0 Å². The first kappa shape index (κ1) is 14.6. The number of nitrogens with one attached hydrogen (secondary N) is 1. The van der Waals surface area contributed by atoms with E-state index in [9.17, 15) is 9.59 Å². The van der Waals surface area contributed by atoms with E-state index >= 15 is 0 Å². The zero-order valence-corrected chi connectivity index (χ0v) is 11.3. The Morgan fingerprint density at radius 3 is 2.72 bits per heavy atom. The Morgan fingerprint density at radius 2 is 2.17 bits per heavy atom. The van der Waals surface area contributed by atoms with Gasteiger partial charge in [-0.05, 0) is 30.4 Å². The minimum atomic E-state index is -1.01. The molecule has 0 aromatic heterocycles. The molecular weight excluding hydrogens is 250 g/mol. The lowest BCUT2D eigenvalue weighted by Gasteiger charge is -2.12. The molecule has 1 atom stereocenters. The fourth-order valence-electron chi connectivity index (χ4n) is 1.55. The molecule has 5 heteroatoms. The van der Waals surface area contributed by atoms with Crippen LogP contribution in [0.2, 0.25) is 0 Å². The molecule has 1 aromatic rings.